The number of hydrogen-bond acceptors (Lipinski definition) is 2. The summed E-state index contributed by atoms with van der Waals surface area (Å²) < 4.78 is 0. The van der Waals surface area contributed by atoms with Gasteiger partial charge in [-0.2, -0.15) is 0 Å². The normalized spacial score (nSPS) is 23.4. The smallest absolute Gasteiger partial charge is 0.319 e. The molecule has 0 atom stereocenters. The van der Waals surface area contributed by atoms with Gasteiger partial charge in [0.15, 0.2) is 0 Å². The predicted molar refractivity (Wildman–Crippen MR) is 66.1 cm³/mol. The summed E-state index contributed by atoms with van der Waals surface area (Å²) in [5, 5.41) is 0. The lowest BCUT2D eigenvalue weighted by atomic mass is 10.0. The van der Waals surface area contributed by atoms with Gasteiger partial charge in [-0.25, -0.2) is 0 Å². The molecule has 0 aromatic heterocycles. The Balaban J connectivity index is 2.25. The summed E-state index contributed by atoms with van der Waals surface area (Å²) in [7, 11) is -2.36. The van der Waals surface area contributed by atoms with Gasteiger partial charge >= 0.3 is 9.28 Å². The first-order valence-electron chi connectivity index (χ1n) is 6.67. The number of rotatable bonds is 1. The molecule has 1 aliphatic carbocycles. The summed E-state index contributed by atoms with van der Waals surface area (Å²) in [6, 6.07) is 0. The van der Waals surface area contributed by atoms with Gasteiger partial charge in [0, 0.05) is 0 Å². The monoisotopic (exact) mass is 230 g/mol. The van der Waals surface area contributed by atoms with Crippen LogP contribution in [0.3, 0.4) is 0 Å². The minimum atomic E-state index is -2.36. The van der Waals surface area contributed by atoms with Crippen molar-refractivity contribution < 1.29 is 9.59 Å². The van der Waals surface area contributed by atoms with Crippen LogP contribution in [0.5, 0.6) is 0 Å². The van der Waals surface area contributed by atoms with E-state index in [4.69, 9.17) is 0 Å². The third-order valence-corrected chi connectivity index (χ3v) is 5.08. The average Bonchev–Trinajstić information content (AvgIpc) is 2.18. The van der Waals surface area contributed by atoms with Gasteiger partial charge < -0.3 is 9.59 Å². The molecule has 0 aliphatic heterocycles. The fraction of sp³-hybridized carbons (Fsp3) is 1.00. The largest absolute Gasteiger partial charge is 0.413 e. The molecule has 0 radical (unpaired) electrons. The second-order valence-corrected chi connectivity index (χ2v) is 6.70. The highest BCUT2D eigenvalue weighted by Gasteiger charge is 2.18. The average molecular weight is 230 g/mol. The first-order chi connectivity index (χ1) is 7.30. The summed E-state index contributed by atoms with van der Waals surface area (Å²) in [6.45, 7) is 0. The molecular formula is C12H26O2Si. The van der Waals surface area contributed by atoms with Crippen molar-refractivity contribution in [3.05, 3.63) is 0 Å². The van der Waals surface area contributed by atoms with Gasteiger partial charge in [0.25, 0.3) is 0 Å². The van der Waals surface area contributed by atoms with E-state index >= 15 is 0 Å². The van der Waals surface area contributed by atoms with E-state index in [0.717, 1.165) is 12.8 Å². The number of hydrogen-bond donors (Lipinski definition) is 2. The van der Waals surface area contributed by atoms with Crippen molar-refractivity contribution in [2.75, 3.05) is 0 Å². The standard InChI is InChI=1S/C12H26O2Si/c13-15(14)12-10-8-6-4-2-1-3-5-7-9-11-12/h12-15H,1-11H2. The van der Waals surface area contributed by atoms with Crippen LogP contribution in [0.1, 0.15) is 70.6 Å². The van der Waals surface area contributed by atoms with Crippen LogP contribution in [0.2, 0.25) is 5.54 Å². The van der Waals surface area contributed by atoms with Gasteiger partial charge in [-0.15, -0.1) is 0 Å². The third-order valence-electron chi connectivity index (χ3n) is 3.57. The van der Waals surface area contributed by atoms with E-state index in [0.29, 0.717) is 0 Å². The van der Waals surface area contributed by atoms with Gasteiger partial charge in [-0.3, -0.25) is 0 Å². The highest BCUT2D eigenvalue weighted by Crippen LogP contribution is 2.25. The van der Waals surface area contributed by atoms with Gasteiger partial charge in [-0.05, 0) is 18.4 Å². The fourth-order valence-electron chi connectivity index (χ4n) is 2.49. The lowest BCUT2D eigenvalue weighted by Gasteiger charge is -2.17. The van der Waals surface area contributed by atoms with Crippen LogP contribution < -0.4 is 0 Å². The van der Waals surface area contributed by atoms with Crippen LogP contribution in [-0.2, 0) is 0 Å². The Kier molecular flexibility index (Phi) is 7.31. The Bertz CT molecular complexity index is 139. The zero-order valence-electron chi connectivity index (χ0n) is 9.83. The van der Waals surface area contributed by atoms with E-state index in [2.05, 4.69) is 0 Å². The summed E-state index contributed by atoms with van der Waals surface area (Å²) in [5.41, 5.74) is 0.268. The molecule has 0 heterocycles. The van der Waals surface area contributed by atoms with E-state index < -0.39 is 9.28 Å². The second kappa shape index (κ2) is 8.31. The minimum absolute atomic E-state index is 0.268. The first-order valence-corrected chi connectivity index (χ1v) is 8.37. The summed E-state index contributed by atoms with van der Waals surface area (Å²) >= 11 is 0. The van der Waals surface area contributed by atoms with E-state index in [1.165, 1.54) is 57.8 Å². The summed E-state index contributed by atoms with van der Waals surface area (Å²) in [6.07, 6.45) is 14.0. The Morgan fingerprint density at radius 1 is 0.600 bits per heavy atom. The van der Waals surface area contributed by atoms with Crippen molar-refractivity contribution in [3.63, 3.8) is 0 Å². The van der Waals surface area contributed by atoms with Crippen molar-refractivity contribution in [3.8, 4) is 0 Å². The van der Waals surface area contributed by atoms with Gasteiger partial charge in [0.05, 0.1) is 0 Å². The Labute approximate surface area is 95.6 Å². The molecule has 15 heavy (non-hydrogen) atoms. The maximum Gasteiger partial charge on any atom is 0.319 e. The molecule has 0 amide bonds. The molecule has 0 aromatic carbocycles. The summed E-state index contributed by atoms with van der Waals surface area (Å²) in [4.78, 5) is 18.8. The van der Waals surface area contributed by atoms with Gasteiger partial charge in [0.1, 0.15) is 0 Å². The molecule has 0 spiro atoms. The molecule has 0 aromatic rings. The van der Waals surface area contributed by atoms with Crippen LogP contribution in [0.25, 0.3) is 0 Å². The SMILES string of the molecule is O[SiH](O)C1CCCCCCCCCCC1. The zero-order chi connectivity index (χ0) is 10.9. The maximum atomic E-state index is 9.38. The Morgan fingerprint density at radius 2 is 0.933 bits per heavy atom. The lowest BCUT2D eigenvalue weighted by Crippen LogP contribution is -2.20. The molecule has 1 fully saturated rings. The third kappa shape index (κ3) is 6.33. The quantitative estimate of drug-likeness (QED) is 0.680. The molecular weight excluding hydrogens is 204 g/mol. The van der Waals surface area contributed by atoms with Crippen molar-refractivity contribution in [2.24, 2.45) is 0 Å². The second-order valence-electron chi connectivity index (χ2n) is 4.93. The topological polar surface area (TPSA) is 40.5 Å². The van der Waals surface area contributed by atoms with E-state index in [-0.39, 0.29) is 5.54 Å². The van der Waals surface area contributed by atoms with Crippen LogP contribution in [-0.4, -0.2) is 18.9 Å². The Hall–Kier alpha value is 0.137. The highest BCUT2D eigenvalue weighted by molar-refractivity contribution is 6.43. The predicted octanol–water partition coefficient (Wildman–Crippen LogP) is 2.87. The molecule has 2 nitrogen and oxygen atoms in total. The molecule has 1 aliphatic rings. The molecule has 0 saturated heterocycles. The van der Waals surface area contributed by atoms with Gasteiger partial charge in [0.2, 0.25) is 0 Å². The maximum absolute atomic E-state index is 9.38. The highest BCUT2D eigenvalue weighted by atomic mass is 28.3. The van der Waals surface area contributed by atoms with Crippen LogP contribution in [0.15, 0.2) is 0 Å². The minimum Gasteiger partial charge on any atom is -0.413 e. The van der Waals surface area contributed by atoms with Crippen molar-refractivity contribution >= 4 is 9.28 Å². The van der Waals surface area contributed by atoms with E-state index in [1.807, 2.05) is 0 Å². The summed E-state index contributed by atoms with van der Waals surface area (Å²) in [5.74, 6) is 0. The van der Waals surface area contributed by atoms with Crippen LogP contribution in [0.4, 0.5) is 0 Å². The molecule has 90 valence electrons. The molecule has 0 bridgehead atoms. The van der Waals surface area contributed by atoms with Crippen LogP contribution in [0, 0.1) is 0 Å². The van der Waals surface area contributed by atoms with Crippen LogP contribution >= 0.6 is 0 Å². The molecule has 1 saturated carbocycles. The van der Waals surface area contributed by atoms with E-state index in [9.17, 15) is 9.59 Å². The van der Waals surface area contributed by atoms with Crippen molar-refractivity contribution in [1.82, 2.24) is 0 Å². The van der Waals surface area contributed by atoms with Crippen molar-refractivity contribution in [2.45, 2.75) is 76.2 Å². The van der Waals surface area contributed by atoms with E-state index in [1.54, 1.807) is 0 Å². The Morgan fingerprint density at radius 3 is 1.27 bits per heavy atom. The zero-order valence-corrected chi connectivity index (χ0v) is 11.0. The molecule has 3 heteroatoms. The van der Waals surface area contributed by atoms with Crippen molar-refractivity contribution in [1.29, 1.82) is 0 Å². The molecule has 0 unspecified atom stereocenters. The lowest BCUT2D eigenvalue weighted by molar-refractivity contribution is 0.363. The fourth-order valence-corrected chi connectivity index (χ4v) is 3.56. The molecule has 2 N–H and O–H groups in total. The molecule has 1 rings (SSSR count). The first kappa shape index (κ1) is 13.2. The van der Waals surface area contributed by atoms with Gasteiger partial charge in [-0.1, -0.05) is 57.8 Å².